The third-order valence-electron chi connectivity index (χ3n) is 2.86. The van der Waals surface area contributed by atoms with Gasteiger partial charge >= 0.3 is 0 Å². The summed E-state index contributed by atoms with van der Waals surface area (Å²) in [7, 11) is 0. The molecule has 1 N–H and O–H groups in total. The highest BCUT2D eigenvalue weighted by molar-refractivity contribution is 5.91. The Morgan fingerprint density at radius 3 is 2.85 bits per heavy atom. The fourth-order valence-electron chi connectivity index (χ4n) is 1.87. The highest BCUT2D eigenvalue weighted by Crippen LogP contribution is 2.28. The van der Waals surface area contributed by atoms with Gasteiger partial charge in [-0.25, -0.2) is 8.78 Å². The van der Waals surface area contributed by atoms with Gasteiger partial charge in [-0.2, -0.15) is 4.98 Å². The van der Waals surface area contributed by atoms with Crippen LogP contribution in [0.3, 0.4) is 0 Å². The molecule has 5 nitrogen and oxygen atoms in total. The molecule has 1 aromatic carbocycles. The molecule has 0 bridgehead atoms. The van der Waals surface area contributed by atoms with Crippen LogP contribution in [0.2, 0.25) is 0 Å². The summed E-state index contributed by atoms with van der Waals surface area (Å²) in [5.41, 5.74) is 1.28. The Labute approximate surface area is 111 Å². The predicted molar refractivity (Wildman–Crippen MR) is 65.2 cm³/mol. The number of rotatable bonds is 4. The highest BCUT2D eigenvalue weighted by Gasteiger charge is 2.21. The van der Waals surface area contributed by atoms with E-state index in [1.807, 2.05) is 18.2 Å². The third-order valence-corrected chi connectivity index (χ3v) is 2.86. The SMILES string of the molecule is OC(Cc1nc(-c2coc3ccccc23)no1)C(F)F. The molecule has 2 heterocycles. The van der Waals surface area contributed by atoms with Crippen LogP contribution >= 0.6 is 0 Å². The van der Waals surface area contributed by atoms with Gasteiger partial charge in [-0.1, -0.05) is 23.4 Å². The van der Waals surface area contributed by atoms with Gasteiger partial charge in [0.25, 0.3) is 6.43 Å². The maximum Gasteiger partial charge on any atom is 0.264 e. The zero-order valence-corrected chi connectivity index (χ0v) is 10.2. The number of para-hydroxylation sites is 1. The van der Waals surface area contributed by atoms with Gasteiger partial charge in [0.05, 0.1) is 12.0 Å². The molecular weight excluding hydrogens is 270 g/mol. The molecule has 7 heteroatoms. The van der Waals surface area contributed by atoms with Crippen LogP contribution in [0.5, 0.6) is 0 Å². The van der Waals surface area contributed by atoms with Crippen LogP contribution in [-0.4, -0.2) is 27.8 Å². The summed E-state index contributed by atoms with van der Waals surface area (Å²) < 4.78 is 34.7. The van der Waals surface area contributed by atoms with E-state index in [-0.39, 0.29) is 18.1 Å². The minimum atomic E-state index is -2.85. The van der Waals surface area contributed by atoms with Crippen molar-refractivity contribution in [3.63, 3.8) is 0 Å². The molecule has 0 aliphatic heterocycles. The van der Waals surface area contributed by atoms with Crippen LogP contribution in [-0.2, 0) is 6.42 Å². The normalized spacial score (nSPS) is 13.2. The number of hydrogen-bond donors (Lipinski definition) is 1. The van der Waals surface area contributed by atoms with Crippen LogP contribution in [0.4, 0.5) is 8.78 Å². The lowest BCUT2D eigenvalue weighted by atomic mass is 10.2. The first-order valence-electron chi connectivity index (χ1n) is 5.90. The second-order valence-corrected chi connectivity index (χ2v) is 4.26. The molecular formula is C13H10F2N2O3. The van der Waals surface area contributed by atoms with Crippen molar-refractivity contribution in [1.29, 1.82) is 0 Å². The van der Waals surface area contributed by atoms with E-state index in [9.17, 15) is 8.78 Å². The number of fused-ring (bicyclic) bond motifs is 1. The first-order chi connectivity index (χ1) is 9.65. The number of furan rings is 1. The number of benzene rings is 1. The Hall–Kier alpha value is -2.28. The molecule has 0 fully saturated rings. The monoisotopic (exact) mass is 280 g/mol. The van der Waals surface area contributed by atoms with Crippen molar-refractivity contribution in [2.24, 2.45) is 0 Å². The Morgan fingerprint density at radius 1 is 1.25 bits per heavy atom. The summed E-state index contributed by atoms with van der Waals surface area (Å²) in [5.74, 6) is 0.199. The molecule has 0 aliphatic carbocycles. The second kappa shape index (κ2) is 5.01. The zero-order valence-electron chi connectivity index (χ0n) is 10.2. The van der Waals surface area contributed by atoms with E-state index < -0.39 is 12.5 Å². The van der Waals surface area contributed by atoms with Gasteiger partial charge < -0.3 is 14.0 Å². The summed E-state index contributed by atoms with van der Waals surface area (Å²) in [6, 6.07) is 7.29. The topological polar surface area (TPSA) is 72.3 Å². The van der Waals surface area contributed by atoms with Gasteiger partial charge in [0, 0.05) is 5.39 Å². The van der Waals surface area contributed by atoms with Crippen molar-refractivity contribution < 1.29 is 22.8 Å². The largest absolute Gasteiger partial charge is 0.464 e. The molecule has 0 amide bonds. The Morgan fingerprint density at radius 2 is 2.05 bits per heavy atom. The summed E-state index contributed by atoms with van der Waals surface area (Å²) in [5, 5.41) is 13.6. The standard InChI is InChI=1S/C13H10F2N2O3/c14-12(15)9(18)5-11-16-13(17-20-11)8-6-19-10-4-2-1-3-7(8)10/h1-4,6,9,12,18H,5H2. The van der Waals surface area contributed by atoms with Crippen molar-refractivity contribution in [2.45, 2.75) is 19.0 Å². The van der Waals surface area contributed by atoms with Crippen molar-refractivity contribution in [1.82, 2.24) is 10.1 Å². The average molecular weight is 280 g/mol. The van der Waals surface area contributed by atoms with Gasteiger partial charge in [0.15, 0.2) is 0 Å². The van der Waals surface area contributed by atoms with E-state index in [4.69, 9.17) is 14.0 Å². The van der Waals surface area contributed by atoms with Crippen molar-refractivity contribution >= 4 is 11.0 Å². The Bertz CT molecular complexity index is 723. The minimum Gasteiger partial charge on any atom is -0.464 e. The van der Waals surface area contributed by atoms with E-state index in [1.54, 1.807) is 6.07 Å². The molecule has 104 valence electrons. The predicted octanol–water partition coefficient (Wildman–Crippen LogP) is 2.65. The van der Waals surface area contributed by atoms with Crippen LogP contribution in [0.15, 0.2) is 39.5 Å². The van der Waals surface area contributed by atoms with Crippen molar-refractivity contribution in [3.8, 4) is 11.4 Å². The summed E-state index contributed by atoms with van der Waals surface area (Å²) in [6.07, 6.45) is -3.58. The number of aliphatic hydroxyl groups excluding tert-OH is 1. The third kappa shape index (κ3) is 2.27. The number of alkyl halides is 2. The van der Waals surface area contributed by atoms with Gasteiger partial charge in [0.2, 0.25) is 11.7 Å². The number of aliphatic hydroxyl groups is 1. The molecule has 1 atom stereocenters. The van der Waals surface area contributed by atoms with Gasteiger partial charge in [-0.3, -0.25) is 0 Å². The molecule has 0 radical (unpaired) electrons. The lowest BCUT2D eigenvalue weighted by Gasteiger charge is -2.04. The summed E-state index contributed by atoms with van der Waals surface area (Å²) in [4.78, 5) is 3.99. The smallest absolute Gasteiger partial charge is 0.264 e. The zero-order chi connectivity index (χ0) is 14.1. The molecule has 3 rings (SSSR count). The lowest BCUT2D eigenvalue weighted by molar-refractivity contribution is -0.00754. The van der Waals surface area contributed by atoms with Crippen LogP contribution in [0.25, 0.3) is 22.4 Å². The molecule has 3 aromatic rings. The highest BCUT2D eigenvalue weighted by atomic mass is 19.3. The van der Waals surface area contributed by atoms with E-state index >= 15 is 0 Å². The molecule has 0 aliphatic rings. The fourth-order valence-corrected chi connectivity index (χ4v) is 1.87. The molecule has 0 spiro atoms. The van der Waals surface area contributed by atoms with Crippen molar-refractivity contribution in [3.05, 3.63) is 36.4 Å². The maximum absolute atomic E-state index is 12.2. The average Bonchev–Trinajstić information content (AvgIpc) is 3.04. The second-order valence-electron chi connectivity index (χ2n) is 4.26. The van der Waals surface area contributed by atoms with Crippen LogP contribution in [0, 0.1) is 0 Å². The molecule has 1 unspecified atom stereocenters. The van der Waals surface area contributed by atoms with Crippen LogP contribution in [0.1, 0.15) is 5.89 Å². The lowest BCUT2D eigenvalue weighted by Crippen LogP contribution is -2.20. The number of hydrogen-bond acceptors (Lipinski definition) is 5. The first kappa shape index (κ1) is 12.7. The van der Waals surface area contributed by atoms with Gasteiger partial charge in [0.1, 0.15) is 18.0 Å². The fraction of sp³-hybridized carbons (Fsp3) is 0.231. The molecule has 0 saturated carbocycles. The number of nitrogens with zero attached hydrogens (tertiary/aromatic N) is 2. The van der Waals surface area contributed by atoms with Crippen molar-refractivity contribution in [2.75, 3.05) is 0 Å². The summed E-state index contributed by atoms with van der Waals surface area (Å²) >= 11 is 0. The Kier molecular flexibility index (Phi) is 3.19. The number of aromatic nitrogens is 2. The Balaban J connectivity index is 1.90. The molecule has 2 aromatic heterocycles. The molecule has 20 heavy (non-hydrogen) atoms. The first-order valence-corrected chi connectivity index (χ1v) is 5.90. The van der Waals surface area contributed by atoms with Gasteiger partial charge in [-0.05, 0) is 6.07 Å². The number of halogens is 2. The van der Waals surface area contributed by atoms with E-state index in [1.165, 1.54) is 6.26 Å². The van der Waals surface area contributed by atoms with Gasteiger partial charge in [-0.15, -0.1) is 0 Å². The van der Waals surface area contributed by atoms with E-state index in [0.717, 1.165) is 5.39 Å². The van der Waals surface area contributed by atoms with E-state index in [0.29, 0.717) is 11.1 Å². The van der Waals surface area contributed by atoms with E-state index in [2.05, 4.69) is 10.1 Å². The maximum atomic E-state index is 12.2. The van der Waals surface area contributed by atoms with Crippen LogP contribution < -0.4 is 0 Å². The summed E-state index contributed by atoms with van der Waals surface area (Å²) in [6.45, 7) is 0. The molecule has 0 saturated heterocycles. The minimum absolute atomic E-state index is 0.0434. The quantitative estimate of drug-likeness (QED) is 0.795.